The van der Waals surface area contributed by atoms with Gasteiger partial charge in [0.15, 0.2) is 10.9 Å². The molecule has 0 bridgehead atoms. The van der Waals surface area contributed by atoms with Gasteiger partial charge >= 0.3 is 65.6 Å². The van der Waals surface area contributed by atoms with Crippen LogP contribution >= 0.6 is 0 Å². The van der Waals surface area contributed by atoms with Crippen LogP contribution in [-0.4, -0.2) is 97.0 Å². The summed E-state index contributed by atoms with van der Waals surface area (Å²) in [6, 6.07) is 0. The van der Waals surface area contributed by atoms with E-state index in [4.69, 9.17) is 14.6 Å². The van der Waals surface area contributed by atoms with Gasteiger partial charge in [0.05, 0.1) is 46.2 Å². The van der Waals surface area contributed by atoms with Gasteiger partial charge in [0.1, 0.15) is 0 Å². The Morgan fingerprint density at radius 2 is 1.29 bits per heavy atom. The molecule has 0 saturated heterocycles. The van der Waals surface area contributed by atoms with Crippen molar-refractivity contribution >= 4 is 46.1 Å². The Morgan fingerprint density at radius 3 is 1.69 bits per heavy atom. The Bertz CT molecular complexity index is 1100. The number of hydrogen-bond acceptors (Lipinski definition) is 14. The van der Waals surface area contributed by atoms with Crippen LogP contribution in [0.15, 0.2) is 0 Å². The van der Waals surface area contributed by atoms with E-state index in [1.807, 2.05) is 13.8 Å². The maximum absolute atomic E-state index is 12.2. The number of ether oxygens (including phenoxy) is 5. The average molecular weight is 725 g/mol. The molecular weight excluding hydrogens is 671 g/mol. The van der Waals surface area contributed by atoms with Crippen molar-refractivity contribution in [2.45, 2.75) is 116 Å². The van der Waals surface area contributed by atoms with E-state index in [0.717, 1.165) is 58.5 Å². The summed E-state index contributed by atoms with van der Waals surface area (Å²) in [5, 5.41) is 16.4. The number of unbranched alkanes of at least 4 members (excludes halogenated alkanes) is 2. The largest absolute Gasteiger partial charge is 1.00 e. The monoisotopic (exact) mass is 724 g/mol. The Kier molecular flexibility index (Phi) is 28.7. The molecule has 276 valence electrons. The van der Waals surface area contributed by atoms with Gasteiger partial charge in [-0.05, 0) is 31.6 Å². The number of hydrogen-bond donors (Lipinski definition) is 3. The van der Waals surface area contributed by atoms with Crippen LogP contribution in [0.25, 0.3) is 0 Å². The summed E-state index contributed by atoms with van der Waals surface area (Å²) in [5.41, 5.74) is -2.61. The molecule has 0 rings (SSSR count). The zero-order valence-corrected chi connectivity index (χ0v) is 32.0. The molecule has 0 heterocycles. The van der Waals surface area contributed by atoms with Crippen molar-refractivity contribution in [2.24, 2.45) is 11.8 Å². The Labute approximate surface area is 306 Å². The second-order valence-electron chi connectivity index (χ2n) is 10.8. The van der Waals surface area contributed by atoms with Gasteiger partial charge < -0.3 is 35.3 Å². The predicted octanol–water partition coefficient (Wildman–Crippen LogP) is 0.724. The first-order valence-corrected chi connectivity index (χ1v) is 17.1. The van der Waals surface area contributed by atoms with Crippen LogP contribution in [0.3, 0.4) is 0 Å². The standard InChI is InChI=1S/C20H38O7S.C10H14O9.Na.H/c1-5-9-11-16(7-3)14-26-19(21)13-18(28(23,24)25)20(22)27-15-17(8-4)12-10-6-2;1-3-18-9(15)19-7(13)5-10(16,4-6(11)12)8(14)17-2;;/h16-18H,5-15H2,1-4H3,(H,23,24,25);16H,3-5H2,1-2H3,(H,11,12);;/q;;+1;-1. The van der Waals surface area contributed by atoms with Crippen molar-refractivity contribution in [3.05, 3.63) is 0 Å². The van der Waals surface area contributed by atoms with Crippen molar-refractivity contribution in [1.29, 1.82) is 0 Å². The third-order valence-electron chi connectivity index (χ3n) is 6.91. The molecule has 18 heteroatoms. The van der Waals surface area contributed by atoms with Gasteiger partial charge in [-0.2, -0.15) is 8.42 Å². The molecule has 0 aliphatic carbocycles. The maximum Gasteiger partial charge on any atom is 1.00 e. The normalized spacial score (nSPS) is 13.8. The molecule has 3 N–H and O–H groups in total. The fourth-order valence-electron chi connectivity index (χ4n) is 3.98. The molecule has 0 amide bonds. The fourth-order valence-corrected chi connectivity index (χ4v) is 4.64. The van der Waals surface area contributed by atoms with Crippen LogP contribution in [-0.2, 0) is 57.8 Å². The number of carbonyl (C=O) groups is 6. The topological polar surface area (TPSA) is 243 Å². The summed E-state index contributed by atoms with van der Waals surface area (Å²) in [7, 11) is -3.86. The molecule has 16 nitrogen and oxygen atoms in total. The number of rotatable bonds is 22. The molecule has 0 aliphatic rings. The van der Waals surface area contributed by atoms with Crippen molar-refractivity contribution in [3.63, 3.8) is 0 Å². The van der Waals surface area contributed by atoms with Crippen molar-refractivity contribution in [3.8, 4) is 0 Å². The first-order chi connectivity index (χ1) is 21.9. The molecule has 0 aromatic heterocycles. The van der Waals surface area contributed by atoms with Crippen molar-refractivity contribution in [2.75, 3.05) is 26.9 Å². The van der Waals surface area contributed by atoms with Crippen LogP contribution in [0.5, 0.6) is 0 Å². The van der Waals surface area contributed by atoms with E-state index < -0.39 is 76.2 Å². The minimum atomic E-state index is -4.76. The second kappa shape index (κ2) is 27.5. The van der Waals surface area contributed by atoms with E-state index in [1.165, 1.54) is 6.92 Å². The van der Waals surface area contributed by atoms with Gasteiger partial charge in [-0.1, -0.05) is 66.2 Å². The molecule has 4 atom stereocenters. The van der Waals surface area contributed by atoms with Gasteiger partial charge in [-0.25, -0.2) is 9.59 Å². The van der Waals surface area contributed by atoms with Crippen molar-refractivity contribution < 1.29 is 107 Å². The Balaban J connectivity index is -0.000000424. The van der Waals surface area contributed by atoms with E-state index in [0.29, 0.717) is 0 Å². The summed E-state index contributed by atoms with van der Waals surface area (Å²) in [6.07, 6.45) is 3.31. The first-order valence-electron chi connectivity index (χ1n) is 15.6. The summed E-state index contributed by atoms with van der Waals surface area (Å²) >= 11 is 0. The molecule has 0 aromatic rings. The summed E-state index contributed by atoms with van der Waals surface area (Å²) in [4.78, 5) is 68.1. The molecule has 4 unspecified atom stereocenters. The smallest absolute Gasteiger partial charge is 1.00 e. The summed E-state index contributed by atoms with van der Waals surface area (Å²) in [6.45, 7) is 9.78. The number of esters is 4. The zero-order chi connectivity index (χ0) is 36.6. The minimum absolute atomic E-state index is 0. The van der Waals surface area contributed by atoms with E-state index in [1.54, 1.807) is 0 Å². The third-order valence-corrected chi connectivity index (χ3v) is 7.99. The van der Waals surface area contributed by atoms with E-state index in [9.17, 15) is 46.8 Å². The summed E-state index contributed by atoms with van der Waals surface area (Å²) in [5.74, 6) is -5.77. The van der Waals surface area contributed by atoms with Crippen LogP contribution in [0.4, 0.5) is 4.79 Å². The molecule has 0 radical (unpaired) electrons. The SMILES string of the molecule is CCCCC(CC)COC(=O)CC(C(=O)OCC(CC)CCCC)S(=O)(=O)O.CCOC(=O)OC(=O)CC(O)(CC(=O)O)C(=O)OC.[H-].[Na+]. The number of aliphatic carboxylic acids is 1. The second-order valence-corrected chi connectivity index (χ2v) is 12.4. The quantitative estimate of drug-likeness (QED) is 0.0458. The van der Waals surface area contributed by atoms with E-state index in [-0.39, 0.29) is 62.6 Å². The Hall–Kier alpha value is -2.31. The van der Waals surface area contributed by atoms with Crippen LogP contribution in [0.1, 0.15) is 107 Å². The van der Waals surface area contributed by atoms with E-state index >= 15 is 0 Å². The van der Waals surface area contributed by atoms with Gasteiger partial charge in [0, 0.05) is 0 Å². The van der Waals surface area contributed by atoms with Gasteiger partial charge in [0.25, 0.3) is 10.1 Å². The molecule has 0 spiro atoms. The number of carboxylic acid groups (broad SMARTS) is 1. The summed E-state index contributed by atoms with van der Waals surface area (Å²) < 4.78 is 55.4. The van der Waals surface area contributed by atoms with Crippen molar-refractivity contribution in [1.82, 2.24) is 0 Å². The number of carbonyl (C=O) groups excluding carboxylic acids is 5. The maximum atomic E-state index is 12.2. The zero-order valence-electron chi connectivity index (χ0n) is 30.2. The molecule has 48 heavy (non-hydrogen) atoms. The molecule has 0 aromatic carbocycles. The van der Waals surface area contributed by atoms with Crippen LogP contribution < -0.4 is 29.6 Å². The number of aliphatic hydroxyl groups is 1. The first kappa shape index (κ1) is 50.1. The predicted molar refractivity (Wildman–Crippen MR) is 167 cm³/mol. The molecule has 0 aliphatic heterocycles. The fraction of sp³-hybridized carbons (Fsp3) is 0.800. The third kappa shape index (κ3) is 23.1. The van der Waals surface area contributed by atoms with Crippen LogP contribution in [0, 0.1) is 11.8 Å². The van der Waals surface area contributed by atoms with Crippen LogP contribution in [0.2, 0.25) is 0 Å². The molecule has 0 fully saturated rings. The van der Waals surface area contributed by atoms with Gasteiger partial charge in [0.2, 0.25) is 0 Å². The van der Waals surface area contributed by atoms with E-state index in [2.05, 4.69) is 28.1 Å². The average Bonchev–Trinajstić information content (AvgIpc) is 2.98. The number of carboxylic acids is 1. The number of methoxy groups -OCH3 is 1. The molecular formula is C30H53NaO16S. The minimum Gasteiger partial charge on any atom is -1.00 e. The van der Waals surface area contributed by atoms with Gasteiger partial charge in [-0.3, -0.25) is 23.7 Å². The Morgan fingerprint density at radius 1 is 0.792 bits per heavy atom. The van der Waals surface area contributed by atoms with Gasteiger partial charge in [-0.15, -0.1) is 0 Å². The molecule has 0 saturated carbocycles.